The molecule has 0 bridgehead atoms. The summed E-state index contributed by atoms with van der Waals surface area (Å²) in [7, 11) is 0. The van der Waals surface area contributed by atoms with Gasteiger partial charge in [-0.3, -0.25) is 19.2 Å². The van der Waals surface area contributed by atoms with Crippen molar-refractivity contribution in [1.82, 2.24) is 0 Å². The number of rotatable bonds is 2. The molecule has 0 aromatic carbocycles. The van der Waals surface area contributed by atoms with Crippen LogP contribution in [0.4, 0.5) is 5.00 Å². The number of nitrogens with zero attached hydrogens (tertiary/aromatic N) is 2. The van der Waals surface area contributed by atoms with Crippen LogP contribution in [0.1, 0.15) is 115 Å². The summed E-state index contributed by atoms with van der Waals surface area (Å²) in [5, 5.41) is 0.742. The van der Waals surface area contributed by atoms with Crippen molar-refractivity contribution in [3.05, 3.63) is 33.9 Å². The van der Waals surface area contributed by atoms with Gasteiger partial charge in [0, 0.05) is 44.1 Å². The number of allylic oxidation sites excluding steroid dienone is 3. The van der Waals surface area contributed by atoms with Crippen molar-refractivity contribution in [2.24, 2.45) is 62.7 Å². The summed E-state index contributed by atoms with van der Waals surface area (Å²) < 4.78 is 2.30. The Morgan fingerprint density at radius 3 is 1.56 bits per heavy atom. The fourth-order valence-corrected chi connectivity index (χ4v) is 15.1. The Labute approximate surface area is 302 Å². The molecule has 6 nitrogen and oxygen atoms in total. The summed E-state index contributed by atoms with van der Waals surface area (Å²) >= 11 is 3.35. The van der Waals surface area contributed by atoms with E-state index < -0.39 is 5.41 Å². The van der Waals surface area contributed by atoms with Crippen LogP contribution in [0.2, 0.25) is 0 Å². The third-order valence-corrected chi connectivity index (χ3v) is 17.1. The lowest BCUT2D eigenvalue weighted by atomic mass is 9.64. The average Bonchev–Trinajstić information content (AvgIpc) is 3.87. The molecule has 0 amide bonds. The smallest absolute Gasteiger partial charge is 0.188 e. The lowest BCUT2D eigenvalue weighted by Gasteiger charge is -2.39. The Bertz CT molecular complexity index is 2000. The van der Waals surface area contributed by atoms with Crippen molar-refractivity contribution < 1.29 is 19.2 Å². The highest BCUT2D eigenvalue weighted by Gasteiger charge is 2.55. The van der Waals surface area contributed by atoms with E-state index >= 15 is 0 Å². The van der Waals surface area contributed by atoms with Crippen LogP contribution >= 0.6 is 22.7 Å². The molecule has 8 unspecified atom stereocenters. The summed E-state index contributed by atoms with van der Waals surface area (Å²) in [4.78, 5) is 65.8. The van der Waals surface area contributed by atoms with Crippen LogP contribution in [0, 0.1) is 52.8 Å². The molecular formula is C42H46N2O4S2. The van der Waals surface area contributed by atoms with Gasteiger partial charge >= 0.3 is 0 Å². The van der Waals surface area contributed by atoms with Crippen molar-refractivity contribution in [2.45, 2.75) is 110 Å². The summed E-state index contributed by atoms with van der Waals surface area (Å²) in [6.45, 7) is 8.87. The Balaban J connectivity index is 0.947. The molecule has 6 saturated carbocycles. The minimum Gasteiger partial charge on any atom is -0.292 e. The van der Waals surface area contributed by atoms with Gasteiger partial charge in [0.15, 0.2) is 28.8 Å². The highest BCUT2D eigenvalue weighted by atomic mass is 32.1. The second-order valence-electron chi connectivity index (χ2n) is 18.0. The Kier molecular flexibility index (Phi) is 6.91. The molecule has 260 valence electrons. The molecule has 6 fully saturated rings. The Morgan fingerprint density at radius 2 is 1.08 bits per heavy atom. The molecule has 0 saturated heterocycles. The van der Waals surface area contributed by atoms with Gasteiger partial charge < -0.3 is 0 Å². The quantitative estimate of drug-likeness (QED) is 0.311. The van der Waals surface area contributed by atoms with E-state index in [9.17, 15) is 19.2 Å². The van der Waals surface area contributed by atoms with Gasteiger partial charge in [0.1, 0.15) is 10.7 Å². The zero-order chi connectivity index (χ0) is 34.4. The second kappa shape index (κ2) is 10.8. The topological polar surface area (TPSA) is 93.0 Å². The number of hydrogen-bond acceptors (Lipinski definition) is 8. The predicted molar refractivity (Wildman–Crippen MR) is 199 cm³/mol. The predicted octanol–water partition coefficient (Wildman–Crippen LogP) is 9.41. The summed E-state index contributed by atoms with van der Waals surface area (Å²) in [6, 6.07) is 2.07. The molecule has 0 N–H and O–H groups in total. The summed E-state index contributed by atoms with van der Waals surface area (Å²) in [5.74, 6) is 1.55. The zero-order valence-electron chi connectivity index (χ0n) is 29.6. The van der Waals surface area contributed by atoms with E-state index in [1.54, 1.807) is 22.7 Å². The van der Waals surface area contributed by atoms with Crippen molar-refractivity contribution in [3.8, 4) is 0 Å². The van der Waals surface area contributed by atoms with Gasteiger partial charge in [-0.25, -0.2) is 9.98 Å². The van der Waals surface area contributed by atoms with E-state index in [-0.39, 0.29) is 63.6 Å². The Hall–Kier alpha value is -2.84. The monoisotopic (exact) mass is 706 g/mol. The number of fused-ring (bicyclic) bond motifs is 8. The van der Waals surface area contributed by atoms with Gasteiger partial charge in [-0.1, -0.05) is 79.1 Å². The van der Waals surface area contributed by atoms with Gasteiger partial charge in [0.25, 0.3) is 0 Å². The SMILES string of the molecule is CC1(C)C(N=C2C(=O)C3CC4CCCCC4CC3C2=O)=CC2=C1c1sc3cc(N=C4C(=O)C5CC6CCCCC6CC5C4=O)sc3c1C2(C)C. The first kappa shape index (κ1) is 31.9. The number of Topliss-reactive ketones (excluding diaryl/α,β-unsaturated/α-hetero) is 4. The fourth-order valence-electron chi connectivity index (χ4n) is 12.1. The number of thiophene rings is 2. The van der Waals surface area contributed by atoms with Crippen molar-refractivity contribution in [3.63, 3.8) is 0 Å². The van der Waals surface area contributed by atoms with Gasteiger partial charge in [0.2, 0.25) is 0 Å². The molecular weight excluding hydrogens is 661 g/mol. The number of hydrogen-bond donors (Lipinski definition) is 0. The molecule has 2 aromatic heterocycles. The maximum absolute atomic E-state index is 13.8. The van der Waals surface area contributed by atoms with E-state index in [0.717, 1.165) is 41.1 Å². The first-order chi connectivity index (χ1) is 23.9. The van der Waals surface area contributed by atoms with Gasteiger partial charge in [-0.2, -0.15) is 0 Å². The maximum Gasteiger partial charge on any atom is 0.188 e. The largest absolute Gasteiger partial charge is 0.292 e. The van der Waals surface area contributed by atoms with Crippen LogP contribution in [0.5, 0.6) is 0 Å². The highest BCUT2D eigenvalue weighted by molar-refractivity contribution is 7.30. The molecule has 50 heavy (non-hydrogen) atoms. The number of carbonyl (C=O) groups excluding carboxylic acids is 4. The van der Waals surface area contributed by atoms with Crippen molar-refractivity contribution >= 4 is 77.2 Å². The van der Waals surface area contributed by atoms with Crippen LogP contribution in [0.3, 0.4) is 0 Å². The third-order valence-electron chi connectivity index (χ3n) is 14.8. The van der Waals surface area contributed by atoms with E-state index in [0.29, 0.717) is 23.7 Å². The second-order valence-corrected chi connectivity index (χ2v) is 20.1. The number of ketones is 4. The normalized spacial score (nSPS) is 36.7. The molecule has 0 spiro atoms. The summed E-state index contributed by atoms with van der Waals surface area (Å²) in [6.07, 6.45) is 15.4. The molecule has 0 aliphatic heterocycles. The molecule has 8 aliphatic carbocycles. The lowest BCUT2D eigenvalue weighted by molar-refractivity contribution is -0.123. The van der Waals surface area contributed by atoms with Crippen molar-refractivity contribution in [1.29, 1.82) is 0 Å². The molecule has 8 heteroatoms. The number of aliphatic imine (C=N–C) groups is 2. The number of carbonyl (C=O) groups is 4. The molecule has 8 aliphatic rings. The molecule has 8 atom stereocenters. The van der Waals surface area contributed by atoms with Gasteiger partial charge in [-0.05, 0) is 78.2 Å². The highest BCUT2D eigenvalue weighted by Crippen LogP contribution is 2.64. The average molecular weight is 707 g/mol. The maximum atomic E-state index is 13.8. The van der Waals surface area contributed by atoms with Crippen LogP contribution in [-0.2, 0) is 24.6 Å². The molecule has 0 radical (unpaired) electrons. The van der Waals surface area contributed by atoms with Crippen LogP contribution in [0.15, 0.2) is 33.4 Å². The first-order valence-corrected chi connectivity index (χ1v) is 21.0. The van der Waals surface area contributed by atoms with Gasteiger partial charge in [-0.15, -0.1) is 22.7 Å². The van der Waals surface area contributed by atoms with E-state index in [1.807, 2.05) is 0 Å². The summed E-state index contributed by atoms with van der Waals surface area (Å²) in [5.41, 5.74) is 4.16. The molecule has 10 rings (SSSR count). The first-order valence-electron chi connectivity index (χ1n) is 19.3. The molecule has 2 heterocycles. The van der Waals surface area contributed by atoms with E-state index in [2.05, 4.69) is 39.8 Å². The Morgan fingerprint density at radius 1 is 0.620 bits per heavy atom. The van der Waals surface area contributed by atoms with Crippen LogP contribution < -0.4 is 0 Å². The minimum absolute atomic E-state index is 0.0182. The lowest BCUT2D eigenvalue weighted by Crippen LogP contribution is -2.35. The third kappa shape index (κ3) is 4.30. The van der Waals surface area contributed by atoms with E-state index in [1.165, 1.54) is 77.7 Å². The minimum atomic E-state index is -0.459. The fraction of sp³-hybridized carbons (Fsp3) is 0.619. The molecule has 2 aromatic rings. The van der Waals surface area contributed by atoms with Crippen LogP contribution in [-0.4, -0.2) is 34.6 Å². The standard InChI is InChI=1S/C42H46N2O4S2/c1-41(2)27-17-29(43-33-35(45)23-13-19-9-5-6-10-20(19)14-24(23)36(33)46)42(3,4)31(27)40-32(41)39-28(49-40)18-30(50-39)44-34-37(47)25-15-21-11-7-8-12-22(21)16-26(25)38(34)48/h17-26H,5-16H2,1-4H3. The van der Waals surface area contributed by atoms with Crippen LogP contribution in [0.25, 0.3) is 15.0 Å². The zero-order valence-corrected chi connectivity index (χ0v) is 31.2. The van der Waals surface area contributed by atoms with Crippen molar-refractivity contribution in [2.75, 3.05) is 0 Å². The van der Waals surface area contributed by atoms with E-state index in [4.69, 9.17) is 9.98 Å². The van der Waals surface area contributed by atoms with Gasteiger partial charge in [0.05, 0.1) is 10.4 Å².